The number of hydrogen-bond donors (Lipinski definition) is 0. The lowest BCUT2D eigenvalue weighted by Gasteiger charge is -1.95. The average molecular weight is 283 g/mol. The third-order valence-corrected chi connectivity index (χ3v) is 3.52. The van der Waals surface area contributed by atoms with E-state index >= 15 is 0 Å². The number of hydrogen-bond acceptors (Lipinski definition) is 3. The molecule has 0 saturated carbocycles. The smallest absolute Gasteiger partial charge is 0.287 e. The molecule has 2 rings (SSSR count). The van der Waals surface area contributed by atoms with Crippen molar-refractivity contribution in [2.45, 2.75) is 11.6 Å². The van der Waals surface area contributed by atoms with Crippen LogP contribution in [0.4, 0.5) is 8.78 Å². The van der Waals surface area contributed by atoms with Crippen molar-refractivity contribution in [3.8, 4) is 11.3 Å². The highest BCUT2D eigenvalue weighted by atomic mass is 32.2. The number of aromatic nitrogens is 1. The molecule has 1 aromatic carbocycles. The summed E-state index contributed by atoms with van der Waals surface area (Å²) in [6, 6.07) is 9.26. The van der Waals surface area contributed by atoms with Crippen LogP contribution in [0, 0.1) is 0 Å². The molecular formula is C13H11F2NO2S. The molecule has 19 heavy (non-hydrogen) atoms. The number of rotatable bonds is 5. The molecule has 3 nitrogen and oxygen atoms in total. The van der Waals surface area contributed by atoms with Gasteiger partial charge in [-0.2, -0.15) is 8.78 Å². The minimum Gasteiger partial charge on any atom is -0.430 e. The van der Waals surface area contributed by atoms with Gasteiger partial charge in [0.2, 0.25) is 0 Å². The number of oxazole rings is 1. The highest BCUT2D eigenvalue weighted by Gasteiger charge is 2.12. The second-order valence-electron chi connectivity index (χ2n) is 3.69. The zero-order valence-corrected chi connectivity index (χ0v) is 10.7. The molecule has 1 atom stereocenters. The second kappa shape index (κ2) is 6.38. The monoisotopic (exact) mass is 283 g/mol. The van der Waals surface area contributed by atoms with Gasteiger partial charge < -0.3 is 4.42 Å². The average Bonchev–Trinajstić information content (AvgIpc) is 2.89. The van der Waals surface area contributed by atoms with Crippen molar-refractivity contribution >= 4 is 10.8 Å². The Balaban J connectivity index is 2.05. The molecule has 2 aromatic rings. The van der Waals surface area contributed by atoms with E-state index in [9.17, 15) is 13.0 Å². The topological polar surface area (TPSA) is 43.1 Å². The van der Waals surface area contributed by atoms with Gasteiger partial charge in [0.1, 0.15) is 10.8 Å². The zero-order chi connectivity index (χ0) is 13.7. The van der Waals surface area contributed by atoms with Crippen molar-refractivity contribution in [1.82, 2.24) is 4.98 Å². The van der Waals surface area contributed by atoms with Gasteiger partial charge in [0.25, 0.3) is 11.3 Å². The van der Waals surface area contributed by atoms with Crippen molar-refractivity contribution in [3.63, 3.8) is 0 Å². The lowest BCUT2D eigenvalue weighted by molar-refractivity contribution is 0.418. The van der Waals surface area contributed by atoms with Crippen LogP contribution in [0.15, 0.2) is 58.3 Å². The summed E-state index contributed by atoms with van der Waals surface area (Å²) in [5.41, 5.74) is 0.827. The van der Waals surface area contributed by atoms with E-state index in [4.69, 9.17) is 4.42 Å². The molecule has 0 saturated heterocycles. The summed E-state index contributed by atoms with van der Waals surface area (Å²) in [7, 11) is -1.51. The van der Waals surface area contributed by atoms with Crippen molar-refractivity contribution in [2.75, 3.05) is 5.75 Å². The van der Waals surface area contributed by atoms with E-state index in [0.717, 1.165) is 11.6 Å². The Morgan fingerprint density at radius 2 is 2.05 bits per heavy atom. The zero-order valence-electron chi connectivity index (χ0n) is 9.88. The molecule has 6 heteroatoms. The van der Waals surface area contributed by atoms with Gasteiger partial charge in [0, 0.05) is 11.3 Å². The van der Waals surface area contributed by atoms with Crippen molar-refractivity contribution < 1.29 is 17.4 Å². The summed E-state index contributed by atoms with van der Waals surface area (Å²) in [4.78, 5) is 3.92. The lowest BCUT2D eigenvalue weighted by atomic mass is 10.2. The Morgan fingerprint density at radius 1 is 1.32 bits per heavy atom. The summed E-state index contributed by atoms with van der Waals surface area (Å²) in [6.45, 7) is 0. The Kier molecular flexibility index (Phi) is 4.57. The second-order valence-corrected chi connectivity index (χ2v) is 5.14. The summed E-state index contributed by atoms with van der Waals surface area (Å²) >= 11 is 0. The van der Waals surface area contributed by atoms with Crippen LogP contribution in [-0.2, 0) is 10.8 Å². The fourth-order valence-electron chi connectivity index (χ4n) is 1.46. The number of nitrogens with zero attached hydrogens (tertiary/aromatic N) is 1. The van der Waals surface area contributed by atoms with E-state index in [2.05, 4.69) is 4.98 Å². The molecular weight excluding hydrogens is 272 g/mol. The number of allylic oxidation sites excluding steroid dienone is 1. The molecule has 0 aliphatic heterocycles. The molecule has 1 heterocycles. The maximum atomic E-state index is 11.8. The molecule has 0 bridgehead atoms. The first-order valence-corrected chi connectivity index (χ1v) is 6.89. The van der Waals surface area contributed by atoms with Crippen LogP contribution >= 0.6 is 0 Å². The fraction of sp³-hybridized carbons (Fsp3) is 0.154. The Hall–Kier alpha value is -1.82. The molecule has 0 aliphatic rings. The molecule has 0 radical (unpaired) electrons. The van der Waals surface area contributed by atoms with Gasteiger partial charge in [0.05, 0.1) is 6.20 Å². The lowest BCUT2D eigenvalue weighted by Crippen LogP contribution is -1.96. The first-order chi connectivity index (χ1) is 9.16. The largest absolute Gasteiger partial charge is 0.430 e. The third kappa shape index (κ3) is 3.82. The van der Waals surface area contributed by atoms with Gasteiger partial charge in [-0.1, -0.05) is 30.3 Å². The van der Waals surface area contributed by atoms with Crippen LogP contribution in [0.1, 0.15) is 6.42 Å². The highest BCUT2D eigenvalue weighted by Crippen LogP contribution is 2.21. The highest BCUT2D eigenvalue weighted by molar-refractivity contribution is 7.84. The minimum atomic E-state index is -1.77. The summed E-state index contributed by atoms with van der Waals surface area (Å²) in [6.07, 6.45) is 0.472. The van der Waals surface area contributed by atoms with E-state index < -0.39 is 16.9 Å². The quantitative estimate of drug-likeness (QED) is 0.841. The van der Waals surface area contributed by atoms with Crippen LogP contribution in [0.5, 0.6) is 0 Å². The van der Waals surface area contributed by atoms with Gasteiger partial charge in [-0.25, -0.2) is 9.19 Å². The molecule has 0 amide bonds. The molecule has 1 aromatic heterocycles. The minimum absolute atomic E-state index is 0.0258. The molecule has 0 N–H and O–H groups in total. The van der Waals surface area contributed by atoms with Crippen LogP contribution in [0.3, 0.4) is 0 Å². The maximum absolute atomic E-state index is 11.8. The molecule has 0 aliphatic carbocycles. The number of halogens is 2. The summed E-state index contributed by atoms with van der Waals surface area (Å²) in [5.74, 6) is 0.572. The standard InChI is InChI=1S/C13H11F2NO2S/c14-12(15)7-4-8-19(17)13-16-9-11(18-13)10-5-2-1-3-6-10/h1-3,5-7,9H,4,8H2. The van der Waals surface area contributed by atoms with Crippen LogP contribution < -0.4 is 0 Å². The van der Waals surface area contributed by atoms with Crippen LogP contribution in [-0.4, -0.2) is 14.9 Å². The number of benzene rings is 1. The van der Waals surface area contributed by atoms with E-state index in [1.54, 1.807) is 0 Å². The van der Waals surface area contributed by atoms with Crippen molar-refractivity contribution in [1.29, 1.82) is 0 Å². The van der Waals surface area contributed by atoms with E-state index in [0.29, 0.717) is 5.76 Å². The van der Waals surface area contributed by atoms with Gasteiger partial charge in [-0.05, 0) is 12.5 Å². The van der Waals surface area contributed by atoms with Gasteiger partial charge in [-0.3, -0.25) is 0 Å². The summed E-state index contributed by atoms with van der Waals surface area (Å²) in [5, 5.41) is 0.0616. The Bertz CT molecular complexity index is 592. The van der Waals surface area contributed by atoms with Gasteiger partial charge in [0.15, 0.2) is 5.76 Å². The van der Waals surface area contributed by atoms with E-state index in [-0.39, 0.29) is 17.4 Å². The maximum Gasteiger partial charge on any atom is 0.287 e. The SMILES string of the molecule is O=S(CCC=C(F)F)c1ncc(-c2ccccc2)o1. The van der Waals surface area contributed by atoms with Crippen molar-refractivity contribution in [2.24, 2.45) is 0 Å². The van der Waals surface area contributed by atoms with E-state index in [1.165, 1.54) is 6.20 Å². The normalized spacial score (nSPS) is 12.1. The Morgan fingerprint density at radius 3 is 2.74 bits per heavy atom. The predicted octanol–water partition coefficient (Wildman–Crippen LogP) is 3.62. The van der Waals surface area contributed by atoms with Crippen LogP contribution in [0.2, 0.25) is 0 Å². The molecule has 100 valence electrons. The molecule has 1 unspecified atom stereocenters. The first kappa shape index (κ1) is 13.6. The molecule has 0 fully saturated rings. The third-order valence-electron chi connectivity index (χ3n) is 2.34. The van der Waals surface area contributed by atoms with E-state index in [1.807, 2.05) is 30.3 Å². The fourth-order valence-corrected chi connectivity index (χ4v) is 2.32. The van der Waals surface area contributed by atoms with Gasteiger partial charge in [-0.15, -0.1) is 0 Å². The summed E-state index contributed by atoms with van der Waals surface area (Å²) < 4.78 is 40.8. The molecule has 0 spiro atoms. The first-order valence-electron chi connectivity index (χ1n) is 5.57. The predicted molar refractivity (Wildman–Crippen MR) is 68.1 cm³/mol. The van der Waals surface area contributed by atoms with Gasteiger partial charge >= 0.3 is 0 Å². The van der Waals surface area contributed by atoms with Crippen molar-refractivity contribution in [3.05, 3.63) is 48.7 Å². The van der Waals surface area contributed by atoms with Crippen LogP contribution in [0.25, 0.3) is 11.3 Å². The Labute approximate surface area is 111 Å².